The quantitative estimate of drug-likeness (QED) is 0.704. The minimum absolute atomic E-state index is 0.0903. The third-order valence-corrected chi connectivity index (χ3v) is 2.36. The molecule has 7 heteroatoms. The van der Waals surface area contributed by atoms with Gasteiger partial charge in [0.1, 0.15) is 11.5 Å². The number of urea groups is 1. The van der Waals surface area contributed by atoms with Crippen molar-refractivity contribution < 1.29 is 19.2 Å². The van der Waals surface area contributed by atoms with Crippen LogP contribution in [0.25, 0.3) is 0 Å². The SMILES string of the molecule is CCC(CC(=O)O)NC(=O)NCc1cc(C)on1. The van der Waals surface area contributed by atoms with Gasteiger partial charge in [0, 0.05) is 12.1 Å². The minimum atomic E-state index is -0.936. The second-order valence-corrected chi connectivity index (χ2v) is 3.96. The van der Waals surface area contributed by atoms with E-state index < -0.39 is 12.0 Å². The number of carbonyl (C=O) groups is 2. The monoisotopic (exact) mass is 255 g/mol. The van der Waals surface area contributed by atoms with Gasteiger partial charge >= 0.3 is 12.0 Å². The van der Waals surface area contributed by atoms with Gasteiger partial charge in [-0.2, -0.15) is 0 Å². The first-order valence-electron chi connectivity index (χ1n) is 5.69. The fourth-order valence-electron chi connectivity index (χ4n) is 1.42. The number of aliphatic carboxylic acids is 1. The van der Waals surface area contributed by atoms with Gasteiger partial charge in [-0.1, -0.05) is 12.1 Å². The van der Waals surface area contributed by atoms with Crippen LogP contribution in [0.5, 0.6) is 0 Å². The molecule has 0 saturated carbocycles. The van der Waals surface area contributed by atoms with Crippen molar-refractivity contribution in [2.45, 2.75) is 39.3 Å². The number of hydrogen-bond donors (Lipinski definition) is 3. The van der Waals surface area contributed by atoms with E-state index in [-0.39, 0.29) is 19.0 Å². The minimum Gasteiger partial charge on any atom is -0.481 e. The number of nitrogens with zero attached hydrogens (tertiary/aromatic N) is 1. The van der Waals surface area contributed by atoms with Crippen molar-refractivity contribution in [3.05, 3.63) is 17.5 Å². The molecule has 0 spiro atoms. The highest BCUT2D eigenvalue weighted by Gasteiger charge is 2.13. The number of amides is 2. The van der Waals surface area contributed by atoms with Crippen LogP contribution in [0.3, 0.4) is 0 Å². The molecule has 18 heavy (non-hydrogen) atoms. The Morgan fingerprint density at radius 3 is 2.78 bits per heavy atom. The Bertz CT molecular complexity index is 416. The summed E-state index contributed by atoms with van der Waals surface area (Å²) in [6.07, 6.45) is 0.468. The Balaban J connectivity index is 2.34. The summed E-state index contributed by atoms with van der Waals surface area (Å²) in [4.78, 5) is 22.0. The largest absolute Gasteiger partial charge is 0.481 e. The molecule has 0 aliphatic carbocycles. The maximum Gasteiger partial charge on any atom is 0.315 e. The van der Waals surface area contributed by atoms with E-state index in [1.54, 1.807) is 13.0 Å². The number of hydrogen-bond acceptors (Lipinski definition) is 4. The third-order valence-electron chi connectivity index (χ3n) is 2.36. The van der Waals surface area contributed by atoms with Gasteiger partial charge in [0.25, 0.3) is 0 Å². The van der Waals surface area contributed by atoms with Gasteiger partial charge < -0.3 is 20.3 Å². The number of carbonyl (C=O) groups excluding carboxylic acids is 1. The highest BCUT2D eigenvalue weighted by atomic mass is 16.5. The molecule has 1 aromatic rings. The molecule has 1 rings (SSSR count). The molecule has 7 nitrogen and oxygen atoms in total. The van der Waals surface area contributed by atoms with Gasteiger partial charge in [-0.15, -0.1) is 0 Å². The summed E-state index contributed by atoms with van der Waals surface area (Å²) in [5.41, 5.74) is 0.619. The molecule has 2 amide bonds. The van der Waals surface area contributed by atoms with Gasteiger partial charge in [0.15, 0.2) is 0 Å². The summed E-state index contributed by atoms with van der Waals surface area (Å²) in [6.45, 7) is 3.82. The van der Waals surface area contributed by atoms with E-state index in [2.05, 4.69) is 15.8 Å². The zero-order valence-corrected chi connectivity index (χ0v) is 10.4. The lowest BCUT2D eigenvalue weighted by molar-refractivity contribution is -0.137. The van der Waals surface area contributed by atoms with Crippen molar-refractivity contribution in [3.8, 4) is 0 Å². The molecule has 0 bridgehead atoms. The molecule has 0 aromatic carbocycles. The van der Waals surface area contributed by atoms with E-state index in [1.807, 2.05) is 6.92 Å². The molecule has 1 heterocycles. The van der Waals surface area contributed by atoms with E-state index >= 15 is 0 Å². The number of nitrogens with one attached hydrogen (secondary N) is 2. The van der Waals surface area contributed by atoms with Gasteiger partial charge in [-0.05, 0) is 13.3 Å². The van der Waals surface area contributed by atoms with Crippen LogP contribution in [0.4, 0.5) is 4.79 Å². The Morgan fingerprint density at radius 2 is 2.28 bits per heavy atom. The molecular formula is C11H17N3O4. The lowest BCUT2D eigenvalue weighted by atomic mass is 10.1. The van der Waals surface area contributed by atoms with Crippen LogP contribution in [0.15, 0.2) is 10.6 Å². The van der Waals surface area contributed by atoms with Crippen molar-refractivity contribution in [1.82, 2.24) is 15.8 Å². The highest BCUT2D eigenvalue weighted by molar-refractivity contribution is 5.75. The summed E-state index contributed by atoms with van der Waals surface area (Å²) < 4.78 is 4.85. The van der Waals surface area contributed by atoms with E-state index in [0.29, 0.717) is 17.9 Å². The Kier molecular flexibility index (Phi) is 5.16. The second-order valence-electron chi connectivity index (χ2n) is 3.96. The Hall–Kier alpha value is -2.05. The molecule has 0 fully saturated rings. The topological polar surface area (TPSA) is 104 Å². The van der Waals surface area contributed by atoms with Crippen LogP contribution in [0.1, 0.15) is 31.2 Å². The van der Waals surface area contributed by atoms with Crippen LogP contribution in [0.2, 0.25) is 0 Å². The van der Waals surface area contributed by atoms with E-state index in [9.17, 15) is 9.59 Å². The molecule has 1 unspecified atom stereocenters. The van der Waals surface area contributed by atoms with Crippen molar-refractivity contribution >= 4 is 12.0 Å². The first-order chi connectivity index (χ1) is 8.51. The lowest BCUT2D eigenvalue weighted by Crippen LogP contribution is -2.42. The normalized spacial score (nSPS) is 11.9. The van der Waals surface area contributed by atoms with Gasteiger partial charge in [-0.25, -0.2) is 4.79 Å². The molecule has 1 atom stereocenters. The predicted molar refractivity (Wildman–Crippen MR) is 62.9 cm³/mol. The van der Waals surface area contributed by atoms with Crippen molar-refractivity contribution in [2.24, 2.45) is 0 Å². The van der Waals surface area contributed by atoms with E-state index in [0.717, 1.165) is 0 Å². The van der Waals surface area contributed by atoms with Crippen LogP contribution >= 0.6 is 0 Å². The summed E-state index contributed by atoms with van der Waals surface area (Å²) in [6, 6.07) is 0.930. The maximum absolute atomic E-state index is 11.5. The summed E-state index contributed by atoms with van der Waals surface area (Å²) in [7, 11) is 0. The molecule has 100 valence electrons. The van der Waals surface area contributed by atoms with Gasteiger partial charge in [0.2, 0.25) is 0 Å². The smallest absolute Gasteiger partial charge is 0.315 e. The van der Waals surface area contributed by atoms with Crippen molar-refractivity contribution in [1.29, 1.82) is 0 Å². The Labute approximate surface area is 105 Å². The average molecular weight is 255 g/mol. The van der Waals surface area contributed by atoms with Crippen molar-refractivity contribution in [3.63, 3.8) is 0 Å². The summed E-state index contributed by atoms with van der Waals surface area (Å²) in [5.74, 6) is -0.265. The fraction of sp³-hybridized carbons (Fsp3) is 0.545. The number of rotatable bonds is 6. The van der Waals surface area contributed by atoms with Crippen LogP contribution < -0.4 is 10.6 Å². The standard InChI is InChI=1S/C11H17N3O4/c1-3-8(5-10(15)16)13-11(17)12-6-9-4-7(2)18-14-9/h4,8H,3,5-6H2,1-2H3,(H,15,16)(H2,12,13,17). The van der Waals surface area contributed by atoms with Gasteiger partial charge in [0.05, 0.1) is 13.0 Å². The highest BCUT2D eigenvalue weighted by Crippen LogP contribution is 2.01. The molecule has 0 radical (unpaired) electrons. The zero-order valence-electron chi connectivity index (χ0n) is 10.4. The van der Waals surface area contributed by atoms with E-state index in [1.165, 1.54) is 0 Å². The molecule has 0 aliphatic rings. The maximum atomic E-state index is 11.5. The molecule has 0 saturated heterocycles. The zero-order chi connectivity index (χ0) is 13.5. The first-order valence-corrected chi connectivity index (χ1v) is 5.69. The lowest BCUT2D eigenvalue weighted by Gasteiger charge is -2.14. The van der Waals surface area contributed by atoms with E-state index in [4.69, 9.17) is 9.63 Å². The van der Waals surface area contributed by atoms with Crippen LogP contribution in [0, 0.1) is 6.92 Å². The number of carboxylic acids is 1. The predicted octanol–water partition coefficient (Wildman–Crippen LogP) is 1.04. The average Bonchev–Trinajstić information content (AvgIpc) is 2.71. The third kappa shape index (κ3) is 4.86. The number of aromatic nitrogens is 1. The van der Waals surface area contributed by atoms with Crippen LogP contribution in [-0.2, 0) is 11.3 Å². The summed E-state index contributed by atoms with van der Waals surface area (Å²) in [5, 5.41) is 17.5. The fourth-order valence-corrected chi connectivity index (χ4v) is 1.42. The molecule has 0 aliphatic heterocycles. The second kappa shape index (κ2) is 6.63. The molecule has 1 aromatic heterocycles. The number of carboxylic acid groups (broad SMARTS) is 1. The summed E-state index contributed by atoms with van der Waals surface area (Å²) >= 11 is 0. The van der Waals surface area contributed by atoms with Crippen LogP contribution in [-0.4, -0.2) is 28.3 Å². The van der Waals surface area contributed by atoms with Gasteiger partial charge in [-0.3, -0.25) is 4.79 Å². The number of aryl methyl sites for hydroxylation is 1. The molecule has 3 N–H and O–H groups in total. The molecular weight excluding hydrogens is 238 g/mol. The van der Waals surface area contributed by atoms with Crippen molar-refractivity contribution in [2.75, 3.05) is 0 Å². The first kappa shape index (κ1) is 14.0. The Morgan fingerprint density at radius 1 is 1.56 bits per heavy atom.